The van der Waals surface area contributed by atoms with Crippen molar-refractivity contribution in [1.82, 2.24) is 9.88 Å². The molecule has 0 unspecified atom stereocenters. The number of nitrogens with zero attached hydrogens (tertiary/aromatic N) is 3. The Bertz CT molecular complexity index is 746. The minimum Gasteiger partial charge on any atom is -0.394 e. The summed E-state index contributed by atoms with van der Waals surface area (Å²) >= 11 is 1.28. The second-order valence-corrected chi connectivity index (χ2v) is 6.18. The highest BCUT2D eigenvalue weighted by Gasteiger charge is 2.30. The van der Waals surface area contributed by atoms with Gasteiger partial charge in [0.2, 0.25) is 0 Å². The van der Waals surface area contributed by atoms with Gasteiger partial charge in [0.25, 0.3) is 11.6 Å². The summed E-state index contributed by atoms with van der Waals surface area (Å²) in [5, 5.41) is 22.4. The van der Waals surface area contributed by atoms with Gasteiger partial charge in [0, 0.05) is 29.6 Å². The van der Waals surface area contributed by atoms with Crippen LogP contribution >= 0.6 is 11.3 Å². The van der Waals surface area contributed by atoms with Crippen LogP contribution in [0.5, 0.6) is 0 Å². The van der Waals surface area contributed by atoms with Crippen LogP contribution < -0.4 is 0 Å². The highest BCUT2D eigenvalue weighted by molar-refractivity contribution is 7.13. The lowest BCUT2D eigenvalue weighted by molar-refractivity contribution is -0.384. The van der Waals surface area contributed by atoms with Crippen molar-refractivity contribution >= 4 is 22.9 Å². The van der Waals surface area contributed by atoms with Crippen LogP contribution in [0.1, 0.15) is 23.3 Å². The van der Waals surface area contributed by atoms with Crippen LogP contribution in [0.2, 0.25) is 0 Å². The molecule has 120 valence electrons. The zero-order chi connectivity index (χ0) is 16.4. The Balaban J connectivity index is 1.84. The molecule has 0 radical (unpaired) electrons. The van der Waals surface area contributed by atoms with Crippen LogP contribution in [0.4, 0.5) is 5.69 Å². The van der Waals surface area contributed by atoms with Gasteiger partial charge < -0.3 is 10.0 Å². The van der Waals surface area contributed by atoms with Gasteiger partial charge in [-0.1, -0.05) is 12.1 Å². The quantitative estimate of drug-likeness (QED) is 0.684. The average molecular weight is 333 g/mol. The van der Waals surface area contributed by atoms with Crippen LogP contribution in [0.3, 0.4) is 0 Å². The van der Waals surface area contributed by atoms with E-state index < -0.39 is 4.92 Å². The number of hydrogen-bond donors (Lipinski definition) is 1. The Kier molecular flexibility index (Phi) is 4.35. The van der Waals surface area contributed by atoms with Crippen molar-refractivity contribution in [2.75, 3.05) is 13.2 Å². The van der Waals surface area contributed by atoms with E-state index in [1.807, 2.05) is 0 Å². The number of rotatable bonds is 4. The molecule has 1 N–H and O–H groups in total. The molecule has 7 nitrogen and oxygen atoms in total. The first-order valence-electron chi connectivity index (χ1n) is 7.22. The summed E-state index contributed by atoms with van der Waals surface area (Å²) in [6, 6.07) is 6.04. The van der Waals surface area contributed by atoms with Crippen molar-refractivity contribution in [2.24, 2.45) is 0 Å². The summed E-state index contributed by atoms with van der Waals surface area (Å²) < 4.78 is 0. The van der Waals surface area contributed by atoms with Gasteiger partial charge >= 0.3 is 0 Å². The maximum Gasteiger partial charge on any atom is 0.273 e. The number of hydrogen-bond acceptors (Lipinski definition) is 6. The Labute approximate surface area is 136 Å². The summed E-state index contributed by atoms with van der Waals surface area (Å²) in [6.45, 7) is 0.571. The summed E-state index contributed by atoms with van der Waals surface area (Å²) in [5.74, 6) is -0.200. The summed E-state index contributed by atoms with van der Waals surface area (Å²) in [4.78, 5) is 28.8. The van der Waals surface area contributed by atoms with Crippen LogP contribution in [0, 0.1) is 10.1 Å². The van der Waals surface area contributed by atoms with Crippen LogP contribution in [0.15, 0.2) is 29.6 Å². The number of aliphatic hydroxyl groups excluding tert-OH is 1. The predicted molar refractivity (Wildman–Crippen MR) is 85.3 cm³/mol. The molecule has 1 amide bonds. The van der Waals surface area contributed by atoms with Crippen LogP contribution in [0.25, 0.3) is 10.6 Å². The lowest BCUT2D eigenvalue weighted by Crippen LogP contribution is -2.37. The average Bonchev–Trinajstić information content (AvgIpc) is 3.23. The van der Waals surface area contributed by atoms with Gasteiger partial charge in [0.05, 0.1) is 17.6 Å². The zero-order valence-corrected chi connectivity index (χ0v) is 13.0. The number of likely N-dealkylation sites (tertiary alicyclic amines) is 1. The number of nitro groups is 1. The molecule has 1 aromatic carbocycles. The molecule has 0 bridgehead atoms. The monoisotopic (exact) mass is 333 g/mol. The van der Waals surface area contributed by atoms with E-state index in [2.05, 4.69) is 4.98 Å². The maximum atomic E-state index is 12.5. The molecule has 1 aromatic heterocycles. The van der Waals surface area contributed by atoms with Crippen molar-refractivity contribution in [3.05, 3.63) is 45.5 Å². The molecule has 1 aliphatic rings. The second kappa shape index (κ2) is 6.43. The first-order valence-corrected chi connectivity index (χ1v) is 8.10. The molecule has 1 fully saturated rings. The van der Waals surface area contributed by atoms with Gasteiger partial charge in [0.15, 0.2) is 0 Å². The van der Waals surface area contributed by atoms with E-state index in [4.69, 9.17) is 0 Å². The molecule has 1 saturated heterocycles. The molecule has 23 heavy (non-hydrogen) atoms. The van der Waals surface area contributed by atoms with E-state index >= 15 is 0 Å². The Morgan fingerprint density at radius 3 is 3.09 bits per heavy atom. The lowest BCUT2D eigenvalue weighted by Gasteiger charge is -2.21. The summed E-state index contributed by atoms with van der Waals surface area (Å²) in [5.41, 5.74) is 0.922. The van der Waals surface area contributed by atoms with Gasteiger partial charge in [-0.3, -0.25) is 14.9 Å². The number of benzene rings is 1. The SMILES string of the molecule is O=C(c1csc(-c2cccc([N+](=O)[O-])c2)n1)N1CCC[C@@H]1CO. The Hall–Kier alpha value is -2.32. The van der Waals surface area contributed by atoms with Crippen molar-refractivity contribution in [1.29, 1.82) is 0 Å². The number of non-ortho nitro benzene ring substituents is 1. The normalized spacial score (nSPS) is 17.4. The zero-order valence-electron chi connectivity index (χ0n) is 12.2. The summed E-state index contributed by atoms with van der Waals surface area (Å²) in [7, 11) is 0. The van der Waals surface area contributed by atoms with E-state index in [9.17, 15) is 20.0 Å². The largest absolute Gasteiger partial charge is 0.394 e. The standard InChI is InChI=1S/C15H15N3O4S/c19-8-12-5-2-6-17(12)15(20)13-9-23-14(16-13)10-3-1-4-11(7-10)18(21)22/h1,3-4,7,9,12,19H,2,5-6,8H2/t12-/m1/s1. The molecule has 0 aliphatic carbocycles. The smallest absolute Gasteiger partial charge is 0.273 e. The topological polar surface area (TPSA) is 96.6 Å². The Morgan fingerprint density at radius 2 is 2.35 bits per heavy atom. The van der Waals surface area contributed by atoms with Crippen molar-refractivity contribution in [3.63, 3.8) is 0 Å². The van der Waals surface area contributed by atoms with E-state index in [0.717, 1.165) is 12.8 Å². The molecule has 2 heterocycles. The first-order chi connectivity index (χ1) is 11.1. The van der Waals surface area contributed by atoms with Crippen LogP contribution in [-0.4, -0.2) is 45.0 Å². The maximum absolute atomic E-state index is 12.5. The number of carbonyl (C=O) groups is 1. The second-order valence-electron chi connectivity index (χ2n) is 5.32. The third kappa shape index (κ3) is 3.08. The number of aromatic nitrogens is 1. The highest BCUT2D eigenvalue weighted by atomic mass is 32.1. The molecule has 2 aromatic rings. The minimum absolute atomic E-state index is 0.00883. The predicted octanol–water partition coefficient (Wildman–Crippen LogP) is 2.32. The van der Waals surface area contributed by atoms with E-state index in [-0.39, 0.29) is 24.2 Å². The third-order valence-electron chi connectivity index (χ3n) is 3.88. The molecule has 0 saturated carbocycles. The fourth-order valence-corrected chi connectivity index (χ4v) is 3.49. The van der Waals surface area contributed by atoms with Crippen LogP contribution in [-0.2, 0) is 0 Å². The highest BCUT2D eigenvalue weighted by Crippen LogP contribution is 2.28. The number of nitro benzene ring substituents is 1. The first kappa shape index (κ1) is 15.6. The fraction of sp³-hybridized carbons (Fsp3) is 0.333. The van der Waals surface area contributed by atoms with Gasteiger partial charge in [-0.2, -0.15) is 0 Å². The van der Waals surface area contributed by atoms with Gasteiger partial charge in [-0.05, 0) is 12.8 Å². The summed E-state index contributed by atoms with van der Waals surface area (Å²) in [6.07, 6.45) is 1.67. The number of carbonyl (C=O) groups excluding carboxylic acids is 1. The fourth-order valence-electron chi connectivity index (χ4n) is 2.70. The molecular weight excluding hydrogens is 318 g/mol. The van der Waals surface area contributed by atoms with Crippen molar-refractivity contribution in [2.45, 2.75) is 18.9 Å². The van der Waals surface area contributed by atoms with E-state index in [0.29, 0.717) is 22.8 Å². The molecule has 1 aliphatic heterocycles. The van der Waals surface area contributed by atoms with Crippen molar-refractivity contribution in [3.8, 4) is 10.6 Å². The van der Waals surface area contributed by atoms with Gasteiger partial charge in [-0.25, -0.2) is 4.98 Å². The Morgan fingerprint density at radius 1 is 1.52 bits per heavy atom. The number of thiazole rings is 1. The van der Waals surface area contributed by atoms with Gasteiger partial charge in [0.1, 0.15) is 10.7 Å². The number of aliphatic hydroxyl groups is 1. The molecule has 3 rings (SSSR count). The molecule has 0 spiro atoms. The van der Waals surface area contributed by atoms with Gasteiger partial charge in [-0.15, -0.1) is 11.3 Å². The third-order valence-corrected chi connectivity index (χ3v) is 4.77. The minimum atomic E-state index is -0.459. The molecule has 1 atom stereocenters. The lowest BCUT2D eigenvalue weighted by atomic mass is 10.2. The molecular formula is C15H15N3O4S. The van der Waals surface area contributed by atoms with E-state index in [1.165, 1.54) is 23.5 Å². The number of amides is 1. The molecule has 8 heteroatoms. The van der Waals surface area contributed by atoms with Crippen molar-refractivity contribution < 1.29 is 14.8 Å². The van der Waals surface area contributed by atoms with E-state index in [1.54, 1.807) is 22.4 Å².